The summed E-state index contributed by atoms with van der Waals surface area (Å²) in [7, 11) is -0.151. The molecule has 0 aromatic heterocycles. The van der Waals surface area contributed by atoms with Crippen molar-refractivity contribution in [3.05, 3.63) is 54.1 Å². The van der Waals surface area contributed by atoms with E-state index < -0.39 is 16.0 Å². The van der Waals surface area contributed by atoms with Gasteiger partial charge in [0.15, 0.2) is 0 Å². The van der Waals surface area contributed by atoms with Crippen LogP contribution in [0.1, 0.15) is 10.4 Å². The van der Waals surface area contributed by atoms with Crippen molar-refractivity contribution in [2.24, 2.45) is 0 Å². The van der Waals surface area contributed by atoms with Gasteiger partial charge in [0.05, 0.1) is 10.5 Å². The van der Waals surface area contributed by atoms with Gasteiger partial charge in [0.2, 0.25) is 0 Å². The largest absolute Gasteiger partial charge is 0.478 e. The van der Waals surface area contributed by atoms with Gasteiger partial charge in [-0.25, -0.2) is 13.2 Å². The predicted molar refractivity (Wildman–Crippen MR) is 85.0 cm³/mol. The second-order valence-corrected chi connectivity index (χ2v) is 6.57. The number of hydrogen-bond acceptors (Lipinski definition) is 4. The first-order chi connectivity index (χ1) is 10.3. The van der Waals surface area contributed by atoms with E-state index in [1.54, 1.807) is 23.1 Å². The van der Waals surface area contributed by atoms with E-state index in [4.69, 9.17) is 5.11 Å². The topological polar surface area (TPSA) is 86.7 Å². The maximum absolute atomic E-state index is 12.4. The maximum atomic E-state index is 12.4. The van der Waals surface area contributed by atoms with Gasteiger partial charge in [-0.2, -0.15) is 0 Å². The van der Waals surface area contributed by atoms with Crippen LogP contribution in [0.25, 0.3) is 0 Å². The minimum Gasteiger partial charge on any atom is -0.478 e. The third-order valence-corrected chi connectivity index (χ3v) is 4.39. The molecule has 0 radical (unpaired) electrons. The third kappa shape index (κ3) is 3.56. The molecule has 0 atom stereocenters. The van der Waals surface area contributed by atoms with E-state index in [0.29, 0.717) is 0 Å². The molecular weight excluding hydrogens is 304 g/mol. The Balaban J connectivity index is 2.33. The Morgan fingerprint density at radius 3 is 2.41 bits per heavy atom. The summed E-state index contributed by atoms with van der Waals surface area (Å²) in [5, 5.41) is 8.94. The summed E-state index contributed by atoms with van der Waals surface area (Å²) >= 11 is 0. The van der Waals surface area contributed by atoms with Crippen molar-refractivity contribution < 1.29 is 18.3 Å². The van der Waals surface area contributed by atoms with Gasteiger partial charge >= 0.3 is 5.97 Å². The number of anilines is 2. The Kier molecular flexibility index (Phi) is 4.37. The van der Waals surface area contributed by atoms with Gasteiger partial charge in [-0.05, 0) is 36.4 Å². The minimum atomic E-state index is -3.78. The Morgan fingerprint density at radius 2 is 1.77 bits per heavy atom. The summed E-state index contributed by atoms with van der Waals surface area (Å²) in [6, 6.07) is 12.1. The average molecular weight is 320 g/mol. The summed E-state index contributed by atoms with van der Waals surface area (Å²) in [4.78, 5) is 12.8. The molecule has 2 N–H and O–H groups in total. The molecule has 6 nitrogen and oxygen atoms in total. The van der Waals surface area contributed by atoms with Crippen molar-refractivity contribution in [3.63, 3.8) is 0 Å². The summed E-state index contributed by atoms with van der Waals surface area (Å²) in [6.45, 7) is 0. The molecule has 0 fully saturated rings. The van der Waals surface area contributed by atoms with Crippen LogP contribution in [0.2, 0.25) is 0 Å². The Labute approximate surface area is 129 Å². The summed E-state index contributed by atoms with van der Waals surface area (Å²) in [5.74, 6) is -1.12. The molecule has 0 unspecified atom stereocenters. The van der Waals surface area contributed by atoms with Crippen LogP contribution in [0.5, 0.6) is 0 Å². The first-order valence-electron chi connectivity index (χ1n) is 6.43. The summed E-state index contributed by atoms with van der Waals surface area (Å²) in [5.41, 5.74) is 0.972. The molecule has 2 rings (SSSR count). The van der Waals surface area contributed by atoms with Crippen molar-refractivity contribution >= 4 is 27.4 Å². The van der Waals surface area contributed by atoms with Gasteiger partial charge < -0.3 is 10.0 Å². The number of carboxylic acids is 1. The quantitative estimate of drug-likeness (QED) is 0.882. The average Bonchev–Trinajstić information content (AvgIpc) is 2.47. The predicted octanol–water partition coefficient (Wildman–Crippen LogP) is 2.25. The minimum absolute atomic E-state index is 0.0160. The molecule has 0 heterocycles. The highest BCUT2D eigenvalue weighted by atomic mass is 32.2. The number of hydrogen-bond donors (Lipinski definition) is 2. The molecule has 2 aromatic carbocycles. The molecule has 0 spiro atoms. The van der Waals surface area contributed by atoms with Crippen LogP contribution in [0.4, 0.5) is 11.4 Å². The summed E-state index contributed by atoms with van der Waals surface area (Å²) in [6.07, 6.45) is 0. The fraction of sp³-hybridized carbons (Fsp3) is 0.133. The first kappa shape index (κ1) is 15.8. The lowest BCUT2D eigenvalue weighted by atomic mass is 10.2. The van der Waals surface area contributed by atoms with Gasteiger partial charge in [0, 0.05) is 25.5 Å². The third-order valence-electron chi connectivity index (χ3n) is 3.01. The molecule has 7 heteroatoms. The van der Waals surface area contributed by atoms with Crippen molar-refractivity contribution in [2.75, 3.05) is 23.7 Å². The van der Waals surface area contributed by atoms with Crippen LogP contribution in [0, 0.1) is 0 Å². The molecule has 0 bridgehead atoms. The van der Waals surface area contributed by atoms with Crippen molar-refractivity contribution in [1.29, 1.82) is 0 Å². The molecule has 0 aliphatic carbocycles. The van der Waals surface area contributed by atoms with E-state index in [-0.39, 0.29) is 16.1 Å². The normalized spacial score (nSPS) is 11.0. The van der Waals surface area contributed by atoms with Gasteiger partial charge in [-0.15, -0.1) is 0 Å². The molecule has 116 valence electrons. The fourth-order valence-electron chi connectivity index (χ4n) is 1.86. The summed E-state index contributed by atoms with van der Waals surface area (Å²) < 4.78 is 27.1. The lowest BCUT2D eigenvalue weighted by molar-refractivity contribution is 0.0697. The Hall–Kier alpha value is -2.54. The van der Waals surface area contributed by atoms with E-state index in [1.165, 1.54) is 30.3 Å². The number of carboxylic acid groups (broad SMARTS) is 1. The van der Waals surface area contributed by atoms with Gasteiger partial charge in [0.1, 0.15) is 0 Å². The van der Waals surface area contributed by atoms with Gasteiger partial charge in [-0.1, -0.05) is 12.1 Å². The lowest BCUT2D eigenvalue weighted by Gasteiger charge is -2.14. The van der Waals surface area contributed by atoms with E-state index in [9.17, 15) is 13.2 Å². The van der Waals surface area contributed by atoms with Crippen molar-refractivity contribution in [2.45, 2.75) is 4.90 Å². The number of benzene rings is 2. The highest BCUT2D eigenvalue weighted by molar-refractivity contribution is 7.92. The van der Waals surface area contributed by atoms with Crippen LogP contribution in [0.15, 0.2) is 53.4 Å². The van der Waals surface area contributed by atoms with Crippen molar-refractivity contribution in [3.8, 4) is 0 Å². The van der Waals surface area contributed by atoms with Crippen LogP contribution < -0.4 is 9.62 Å². The zero-order valence-electron chi connectivity index (χ0n) is 12.1. The van der Waals surface area contributed by atoms with Crippen LogP contribution >= 0.6 is 0 Å². The van der Waals surface area contributed by atoms with Crippen LogP contribution in [-0.4, -0.2) is 33.6 Å². The zero-order valence-corrected chi connectivity index (χ0v) is 13.0. The molecule has 0 saturated heterocycles. The molecule has 0 amide bonds. The van der Waals surface area contributed by atoms with E-state index >= 15 is 0 Å². The highest BCUT2D eigenvalue weighted by Crippen LogP contribution is 2.21. The monoisotopic (exact) mass is 320 g/mol. The van der Waals surface area contributed by atoms with E-state index in [1.807, 2.05) is 14.1 Å². The van der Waals surface area contributed by atoms with Gasteiger partial charge in [0.25, 0.3) is 10.0 Å². The first-order valence-corrected chi connectivity index (χ1v) is 7.91. The molecule has 22 heavy (non-hydrogen) atoms. The standard InChI is InChI=1S/C15H16N2O4S/c1-17(2)13-7-4-8-14(10-13)22(20,21)16-12-6-3-5-11(9-12)15(18)19/h3-10,16H,1-2H3,(H,18,19). The van der Waals surface area contributed by atoms with E-state index in [2.05, 4.69) is 4.72 Å². The number of aromatic carboxylic acids is 1. The number of nitrogens with one attached hydrogen (secondary N) is 1. The Bertz CT molecular complexity index is 801. The molecule has 0 aliphatic rings. The number of rotatable bonds is 5. The highest BCUT2D eigenvalue weighted by Gasteiger charge is 2.16. The lowest BCUT2D eigenvalue weighted by Crippen LogP contribution is -2.15. The smallest absolute Gasteiger partial charge is 0.335 e. The molecule has 2 aromatic rings. The molecule has 0 saturated carbocycles. The molecular formula is C15H16N2O4S. The maximum Gasteiger partial charge on any atom is 0.335 e. The number of sulfonamides is 1. The second-order valence-electron chi connectivity index (χ2n) is 4.88. The van der Waals surface area contributed by atoms with Crippen LogP contribution in [0.3, 0.4) is 0 Å². The number of nitrogens with zero attached hydrogens (tertiary/aromatic N) is 1. The SMILES string of the molecule is CN(C)c1cccc(S(=O)(=O)Nc2cccc(C(=O)O)c2)c1. The zero-order chi connectivity index (χ0) is 16.3. The molecule has 0 aliphatic heterocycles. The Morgan fingerprint density at radius 1 is 1.09 bits per heavy atom. The van der Waals surface area contributed by atoms with Gasteiger partial charge in [-0.3, -0.25) is 4.72 Å². The second kappa shape index (κ2) is 6.07. The fourth-order valence-corrected chi connectivity index (χ4v) is 2.95. The van der Waals surface area contributed by atoms with E-state index in [0.717, 1.165) is 5.69 Å². The van der Waals surface area contributed by atoms with Crippen molar-refractivity contribution in [1.82, 2.24) is 0 Å². The van der Waals surface area contributed by atoms with Crippen LogP contribution in [-0.2, 0) is 10.0 Å². The number of carbonyl (C=O) groups is 1.